The highest BCUT2D eigenvalue weighted by molar-refractivity contribution is 6.02. The number of aromatic amines is 1. The average molecular weight is 402 g/mol. The Balaban J connectivity index is 1.89. The van der Waals surface area contributed by atoms with Crippen LogP contribution in [0, 0.1) is 17.1 Å². The van der Waals surface area contributed by atoms with Crippen molar-refractivity contribution in [2.75, 3.05) is 5.01 Å². The Hall–Kier alpha value is -3.33. The first-order valence-electron chi connectivity index (χ1n) is 8.58. The van der Waals surface area contributed by atoms with Crippen molar-refractivity contribution in [3.05, 3.63) is 46.0 Å². The van der Waals surface area contributed by atoms with Crippen molar-refractivity contribution < 1.29 is 19.3 Å². The van der Waals surface area contributed by atoms with Gasteiger partial charge in [-0.05, 0) is 17.5 Å². The maximum atomic E-state index is 14.6. The minimum absolute atomic E-state index is 0.00811. The smallest absolute Gasteiger partial charge is 0.268 e. The fourth-order valence-electron chi connectivity index (χ4n) is 2.62. The number of hydrazone groups is 1. The van der Waals surface area contributed by atoms with E-state index in [-0.39, 0.29) is 28.6 Å². The first-order valence-corrected chi connectivity index (χ1v) is 8.58. The Morgan fingerprint density at radius 1 is 1.31 bits per heavy atom. The molecule has 29 heavy (non-hydrogen) atoms. The highest BCUT2D eigenvalue weighted by Crippen LogP contribution is 2.29. The number of nitrogens with one attached hydrogen (secondary N) is 2. The molecule has 1 aliphatic heterocycles. The molecule has 0 bridgehead atoms. The Kier molecular flexibility index (Phi) is 5.34. The fourth-order valence-corrected chi connectivity index (χ4v) is 2.62. The van der Waals surface area contributed by atoms with E-state index in [9.17, 15) is 19.4 Å². The first kappa shape index (κ1) is 20.4. The summed E-state index contributed by atoms with van der Waals surface area (Å²) in [4.78, 5) is 11.9. The van der Waals surface area contributed by atoms with Gasteiger partial charge >= 0.3 is 0 Å². The molecule has 0 spiro atoms. The summed E-state index contributed by atoms with van der Waals surface area (Å²) in [5.74, 6) is -0.953. The van der Waals surface area contributed by atoms with Gasteiger partial charge in [0.05, 0.1) is 5.69 Å². The van der Waals surface area contributed by atoms with Crippen LogP contribution in [0.3, 0.4) is 0 Å². The minimum Gasteiger partial charge on any atom is -0.435 e. The number of hydrogen-bond acceptors (Lipinski definition) is 9. The minimum atomic E-state index is -1.47. The van der Waals surface area contributed by atoms with Gasteiger partial charge in [-0.25, -0.2) is 19.8 Å². The molecule has 2 heterocycles. The van der Waals surface area contributed by atoms with Gasteiger partial charge in [0.2, 0.25) is 12.2 Å². The highest BCUT2D eigenvalue weighted by atomic mass is 19.1. The number of H-pyrrole nitrogens is 1. The molecular weight excluding hydrogens is 383 g/mol. The molecule has 2 unspecified atom stereocenters. The molecule has 0 fully saturated rings. The molecule has 2 atom stereocenters. The predicted molar refractivity (Wildman–Crippen MR) is 101 cm³/mol. The van der Waals surface area contributed by atoms with Crippen LogP contribution in [0.25, 0.3) is 0 Å². The van der Waals surface area contributed by atoms with E-state index in [4.69, 9.17) is 10.00 Å². The van der Waals surface area contributed by atoms with Crippen molar-refractivity contribution in [3.63, 3.8) is 0 Å². The molecule has 152 valence electrons. The van der Waals surface area contributed by atoms with E-state index in [1.165, 1.54) is 18.2 Å². The number of aliphatic hydroxyl groups excluding tert-OH is 2. The van der Waals surface area contributed by atoms with E-state index in [2.05, 4.69) is 20.6 Å². The lowest BCUT2D eigenvalue weighted by Gasteiger charge is -2.31. The second-order valence-corrected chi connectivity index (χ2v) is 7.30. The topological polar surface area (TPSA) is 147 Å². The highest BCUT2D eigenvalue weighted by Gasteiger charge is 2.29. The van der Waals surface area contributed by atoms with E-state index < -0.39 is 23.8 Å². The summed E-state index contributed by atoms with van der Waals surface area (Å²) in [5.41, 5.74) is -0.572. The fraction of sp³-hybridized carbons (Fsp3) is 0.333. The zero-order valence-corrected chi connectivity index (χ0v) is 15.8. The largest absolute Gasteiger partial charge is 0.435 e. The molecule has 0 saturated heterocycles. The molecule has 0 amide bonds. The SMILES string of the molecule is CC(C)(C)c1cc(Oc2ccc(N3N=C(C#N)C(O)NC3O)cc2F)n[nH]c1=O. The molecule has 11 heteroatoms. The summed E-state index contributed by atoms with van der Waals surface area (Å²) in [6.07, 6.45) is -2.90. The Bertz CT molecular complexity index is 1060. The third-order valence-corrected chi connectivity index (χ3v) is 4.11. The normalized spacial score (nSPS) is 19.5. The molecule has 0 saturated carbocycles. The quantitative estimate of drug-likeness (QED) is 0.592. The van der Waals surface area contributed by atoms with Gasteiger partial charge in [0.15, 0.2) is 23.5 Å². The number of anilines is 1. The molecule has 1 aromatic heterocycles. The summed E-state index contributed by atoms with van der Waals surface area (Å²) in [6.45, 7) is 5.55. The van der Waals surface area contributed by atoms with Crippen molar-refractivity contribution in [2.24, 2.45) is 5.10 Å². The number of aromatic nitrogens is 2. The summed E-state index contributed by atoms with van der Waals surface area (Å²) < 4.78 is 20.0. The molecule has 3 rings (SSSR count). The number of ether oxygens (including phenoxy) is 1. The van der Waals surface area contributed by atoms with Crippen LogP contribution in [0.4, 0.5) is 10.1 Å². The van der Waals surface area contributed by atoms with Crippen LogP contribution in [0.5, 0.6) is 11.6 Å². The van der Waals surface area contributed by atoms with Crippen LogP contribution in [0.1, 0.15) is 26.3 Å². The number of hydrogen-bond donors (Lipinski definition) is 4. The number of aliphatic hydroxyl groups is 2. The monoisotopic (exact) mass is 402 g/mol. The van der Waals surface area contributed by atoms with E-state index in [1.54, 1.807) is 6.07 Å². The average Bonchev–Trinajstić information content (AvgIpc) is 2.64. The zero-order chi connectivity index (χ0) is 21.3. The van der Waals surface area contributed by atoms with Gasteiger partial charge in [0.1, 0.15) is 6.07 Å². The lowest BCUT2D eigenvalue weighted by Crippen LogP contribution is -2.55. The van der Waals surface area contributed by atoms with Crippen LogP contribution < -0.4 is 20.6 Å². The molecule has 2 aromatic rings. The summed E-state index contributed by atoms with van der Waals surface area (Å²) >= 11 is 0. The van der Waals surface area contributed by atoms with E-state index in [0.717, 1.165) is 11.1 Å². The summed E-state index contributed by atoms with van der Waals surface area (Å²) in [5, 5.41) is 41.7. The summed E-state index contributed by atoms with van der Waals surface area (Å²) in [6, 6.07) is 6.84. The van der Waals surface area contributed by atoms with Gasteiger partial charge in [-0.2, -0.15) is 10.4 Å². The Morgan fingerprint density at radius 2 is 2.03 bits per heavy atom. The van der Waals surface area contributed by atoms with Crippen molar-refractivity contribution in [3.8, 4) is 17.7 Å². The lowest BCUT2D eigenvalue weighted by molar-refractivity contribution is 0.0631. The first-order chi connectivity index (χ1) is 13.6. The molecule has 4 N–H and O–H groups in total. The van der Waals surface area contributed by atoms with Crippen LogP contribution in [0.2, 0.25) is 0 Å². The maximum absolute atomic E-state index is 14.6. The number of rotatable bonds is 3. The number of nitrogens with zero attached hydrogens (tertiary/aromatic N) is 4. The molecular formula is C18H19FN6O4. The van der Waals surface area contributed by atoms with E-state index in [1.807, 2.05) is 20.8 Å². The third kappa shape index (κ3) is 4.24. The molecule has 1 aromatic carbocycles. The third-order valence-electron chi connectivity index (χ3n) is 4.11. The van der Waals surface area contributed by atoms with Crippen LogP contribution in [0.15, 0.2) is 34.2 Å². The van der Waals surface area contributed by atoms with Crippen LogP contribution >= 0.6 is 0 Å². The zero-order valence-electron chi connectivity index (χ0n) is 15.8. The van der Waals surface area contributed by atoms with Gasteiger partial charge < -0.3 is 14.9 Å². The number of benzene rings is 1. The Labute approximate surface area is 164 Å². The number of nitriles is 1. The number of halogens is 1. The summed E-state index contributed by atoms with van der Waals surface area (Å²) in [7, 11) is 0. The second-order valence-electron chi connectivity index (χ2n) is 7.30. The van der Waals surface area contributed by atoms with Crippen molar-refractivity contribution in [2.45, 2.75) is 38.8 Å². The van der Waals surface area contributed by atoms with E-state index in [0.29, 0.717) is 5.56 Å². The second kappa shape index (κ2) is 7.59. The maximum Gasteiger partial charge on any atom is 0.268 e. The van der Waals surface area contributed by atoms with Gasteiger partial charge in [0, 0.05) is 17.7 Å². The lowest BCUT2D eigenvalue weighted by atomic mass is 9.88. The molecule has 0 radical (unpaired) electrons. The standard InChI is InChI=1S/C18H19FN6O4/c1-18(2,3)10-7-14(22-23-15(10)26)29-13-5-4-9(6-11(13)19)25-17(28)21-16(27)12(8-20)24-25/h4-7,16-17,21,27-28H,1-3H3,(H,23,26). The Morgan fingerprint density at radius 3 is 2.66 bits per heavy atom. The van der Waals surface area contributed by atoms with Crippen molar-refractivity contribution in [1.82, 2.24) is 15.5 Å². The molecule has 10 nitrogen and oxygen atoms in total. The van der Waals surface area contributed by atoms with E-state index >= 15 is 0 Å². The van der Waals surface area contributed by atoms with Crippen LogP contribution in [-0.2, 0) is 5.41 Å². The van der Waals surface area contributed by atoms with Crippen LogP contribution in [-0.4, -0.2) is 38.7 Å². The molecule has 1 aliphatic rings. The van der Waals surface area contributed by atoms with Gasteiger partial charge in [-0.15, -0.1) is 5.10 Å². The van der Waals surface area contributed by atoms with Gasteiger partial charge in [0.25, 0.3) is 5.56 Å². The van der Waals surface area contributed by atoms with Gasteiger partial charge in [-0.3, -0.25) is 4.79 Å². The molecule has 0 aliphatic carbocycles. The van der Waals surface area contributed by atoms with Crippen molar-refractivity contribution >= 4 is 11.4 Å². The van der Waals surface area contributed by atoms with Crippen molar-refractivity contribution in [1.29, 1.82) is 5.26 Å². The predicted octanol–water partition coefficient (Wildman–Crippen LogP) is 0.882. The van der Waals surface area contributed by atoms with Gasteiger partial charge in [-0.1, -0.05) is 20.8 Å².